The molecular weight excluding hydrogens is 214 g/mol. The number of alkyl halides is 1. The Balaban J connectivity index is 2.40. The minimum absolute atomic E-state index is 0.0778. The predicted molar refractivity (Wildman–Crippen MR) is 61.1 cm³/mol. The molecule has 1 rings (SSSR count). The zero-order valence-electron chi connectivity index (χ0n) is 9.38. The van der Waals surface area contributed by atoms with E-state index in [0.717, 1.165) is 39.0 Å². The fourth-order valence-corrected chi connectivity index (χ4v) is 1.99. The molecule has 88 valence electrons. The van der Waals surface area contributed by atoms with Crippen molar-refractivity contribution in [2.45, 2.75) is 26.2 Å². The second-order valence-corrected chi connectivity index (χ2v) is 4.25. The fourth-order valence-electron chi connectivity index (χ4n) is 1.87. The highest BCUT2D eigenvalue weighted by atomic mass is 35.5. The van der Waals surface area contributed by atoms with Crippen LogP contribution in [-0.2, 0) is 9.53 Å². The van der Waals surface area contributed by atoms with E-state index in [1.807, 2.05) is 11.8 Å². The SMILES string of the molecule is CCN(CCCCl)C(=O)C1CCCOC1. The molecule has 1 aliphatic rings. The van der Waals surface area contributed by atoms with Gasteiger partial charge < -0.3 is 9.64 Å². The topological polar surface area (TPSA) is 29.5 Å². The molecular formula is C11H20ClNO2. The molecule has 15 heavy (non-hydrogen) atoms. The lowest BCUT2D eigenvalue weighted by Gasteiger charge is -2.28. The normalized spacial score (nSPS) is 21.3. The monoisotopic (exact) mass is 233 g/mol. The van der Waals surface area contributed by atoms with Gasteiger partial charge in [-0.1, -0.05) is 0 Å². The van der Waals surface area contributed by atoms with Crippen LogP contribution in [0, 0.1) is 5.92 Å². The number of ether oxygens (including phenoxy) is 1. The quantitative estimate of drug-likeness (QED) is 0.679. The van der Waals surface area contributed by atoms with Crippen molar-refractivity contribution in [2.24, 2.45) is 5.92 Å². The molecule has 3 nitrogen and oxygen atoms in total. The molecule has 0 aromatic carbocycles. The first-order valence-corrected chi connectivity index (χ1v) is 6.25. The highest BCUT2D eigenvalue weighted by molar-refractivity contribution is 6.17. The molecule has 4 heteroatoms. The number of amides is 1. The molecule has 0 aromatic heterocycles. The number of carbonyl (C=O) groups is 1. The highest BCUT2D eigenvalue weighted by Gasteiger charge is 2.25. The van der Waals surface area contributed by atoms with Crippen molar-refractivity contribution in [3.8, 4) is 0 Å². The number of halogens is 1. The maximum atomic E-state index is 12.0. The smallest absolute Gasteiger partial charge is 0.228 e. The van der Waals surface area contributed by atoms with Crippen molar-refractivity contribution in [3.63, 3.8) is 0 Å². The summed E-state index contributed by atoms with van der Waals surface area (Å²) in [5.74, 6) is 0.932. The van der Waals surface area contributed by atoms with Gasteiger partial charge >= 0.3 is 0 Å². The number of hydrogen-bond donors (Lipinski definition) is 0. The van der Waals surface area contributed by atoms with Crippen LogP contribution in [-0.4, -0.2) is 43.0 Å². The van der Waals surface area contributed by atoms with E-state index in [9.17, 15) is 4.79 Å². The molecule has 1 heterocycles. The lowest BCUT2D eigenvalue weighted by molar-refractivity contribution is -0.139. The highest BCUT2D eigenvalue weighted by Crippen LogP contribution is 2.16. The fraction of sp³-hybridized carbons (Fsp3) is 0.909. The molecule has 1 saturated heterocycles. The lowest BCUT2D eigenvalue weighted by atomic mass is 10.0. The summed E-state index contributed by atoms with van der Waals surface area (Å²) in [7, 11) is 0. The van der Waals surface area contributed by atoms with Gasteiger partial charge in [-0.3, -0.25) is 4.79 Å². The van der Waals surface area contributed by atoms with Crippen LogP contribution in [0.5, 0.6) is 0 Å². The van der Waals surface area contributed by atoms with Gasteiger partial charge in [0.25, 0.3) is 0 Å². The minimum Gasteiger partial charge on any atom is -0.381 e. The standard InChI is InChI=1S/C11H20ClNO2/c1-2-13(7-4-6-12)11(14)10-5-3-8-15-9-10/h10H,2-9H2,1H3. The average molecular weight is 234 g/mol. The van der Waals surface area contributed by atoms with Gasteiger partial charge in [-0.15, -0.1) is 11.6 Å². The number of hydrogen-bond acceptors (Lipinski definition) is 2. The Labute approximate surface area is 96.7 Å². The Bertz CT molecular complexity index is 193. The van der Waals surface area contributed by atoms with E-state index in [4.69, 9.17) is 16.3 Å². The summed E-state index contributed by atoms with van der Waals surface area (Å²) >= 11 is 5.63. The molecule has 0 bridgehead atoms. The number of carbonyl (C=O) groups excluding carboxylic acids is 1. The maximum absolute atomic E-state index is 12.0. The molecule has 0 spiro atoms. The first-order chi connectivity index (χ1) is 7.29. The molecule has 1 aliphatic heterocycles. The number of rotatable bonds is 5. The van der Waals surface area contributed by atoms with Gasteiger partial charge in [0, 0.05) is 25.6 Å². The van der Waals surface area contributed by atoms with Crippen molar-refractivity contribution >= 4 is 17.5 Å². The summed E-state index contributed by atoms with van der Waals surface area (Å²) in [5, 5.41) is 0. The van der Waals surface area contributed by atoms with E-state index in [2.05, 4.69) is 0 Å². The van der Waals surface area contributed by atoms with E-state index in [0.29, 0.717) is 12.5 Å². The molecule has 1 amide bonds. The first kappa shape index (κ1) is 12.8. The van der Waals surface area contributed by atoms with Gasteiger partial charge in [0.15, 0.2) is 0 Å². The zero-order valence-corrected chi connectivity index (χ0v) is 10.1. The summed E-state index contributed by atoms with van der Waals surface area (Å²) < 4.78 is 5.33. The van der Waals surface area contributed by atoms with Gasteiger partial charge in [0.05, 0.1) is 12.5 Å². The summed E-state index contributed by atoms with van der Waals surface area (Å²) in [5.41, 5.74) is 0. The van der Waals surface area contributed by atoms with E-state index in [1.54, 1.807) is 0 Å². The summed E-state index contributed by atoms with van der Waals surface area (Å²) in [6.45, 7) is 4.95. The van der Waals surface area contributed by atoms with Crippen molar-refractivity contribution in [3.05, 3.63) is 0 Å². The van der Waals surface area contributed by atoms with Crippen molar-refractivity contribution in [1.82, 2.24) is 4.90 Å². The summed E-state index contributed by atoms with van der Waals surface area (Å²) in [6.07, 6.45) is 2.84. The predicted octanol–water partition coefficient (Wildman–Crippen LogP) is 1.89. The van der Waals surface area contributed by atoms with Crippen LogP contribution in [0.1, 0.15) is 26.2 Å². The van der Waals surface area contributed by atoms with E-state index >= 15 is 0 Å². The van der Waals surface area contributed by atoms with Gasteiger partial charge in [-0.2, -0.15) is 0 Å². The van der Waals surface area contributed by atoms with Gasteiger partial charge in [0.1, 0.15) is 0 Å². The lowest BCUT2D eigenvalue weighted by Crippen LogP contribution is -2.40. The van der Waals surface area contributed by atoms with Crippen LogP contribution in [0.3, 0.4) is 0 Å². The molecule has 1 fully saturated rings. The summed E-state index contributed by atoms with van der Waals surface area (Å²) in [4.78, 5) is 13.9. The molecule has 0 aliphatic carbocycles. The van der Waals surface area contributed by atoms with Crippen LogP contribution < -0.4 is 0 Å². The van der Waals surface area contributed by atoms with E-state index < -0.39 is 0 Å². The third-order valence-corrected chi connectivity index (χ3v) is 3.03. The second-order valence-electron chi connectivity index (χ2n) is 3.87. The van der Waals surface area contributed by atoms with Gasteiger partial charge in [-0.05, 0) is 26.2 Å². The van der Waals surface area contributed by atoms with Crippen LogP contribution in [0.15, 0.2) is 0 Å². The molecule has 0 N–H and O–H groups in total. The maximum Gasteiger partial charge on any atom is 0.228 e. The Hall–Kier alpha value is -0.280. The molecule has 0 aromatic rings. The first-order valence-electron chi connectivity index (χ1n) is 5.72. The largest absolute Gasteiger partial charge is 0.381 e. The Morgan fingerprint density at radius 3 is 2.93 bits per heavy atom. The van der Waals surface area contributed by atoms with Crippen LogP contribution in [0.2, 0.25) is 0 Å². The molecule has 1 unspecified atom stereocenters. The van der Waals surface area contributed by atoms with Gasteiger partial charge in [-0.25, -0.2) is 0 Å². The third kappa shape index (κ3) is 3.99. The third-order valence-electron chi connectivity index (χ3n) is 2.76. The van der Waals surface area contributed by atoms with Crippen molar-refractivity contribution in [2.75, 3.05) is 32.2 Å². The minimum atomic E-state index is 0.0778. The Morgan fingerprint density at radius 1 is 1.60 bits per heavy atom. The summed E-state index contributed by atoms with van der Waals surface area (Å²) in [6, 6.07) is 0. The van der Waals surface area contributed by atoms with Gasteiger partial charge in [0.2, 0.25) is 5.91 Å². The van der Waals surface area contributed by atoms with E-state index in [-0.39, 0.29) is 11.8 Å². The van der Waals surface area contributed by atoms with Crippen LogP contribution in [0.25, 0.3) is 0 Å². The van der Waals surface area contributed by atoms with Crippen LogP contribution >= 0.6 is 11.6 Å². The Morgan fingerprint density at radius 2 is 2.40 bits per heavy atom. The zero-order chi connectivity index (χ0) is 11.1. The van der Waals surface area contributed by atoms with Crippen LogP contribution in [0.4, 0.5) is 0 Å². The molecule has 0 radical (unpaired) electrons. The van der Waals surface area contributed by atoms with Crippen molar-refractivity contribution < 1.29 is 9.53 Å². The van der Waals surface area contributed by atoms with Crippen molar-refractivity contribution in [1.29, 1.82) is 0 Å². The average Bonchev–Trinajstić information content (AvgIpc) is 2.31. The van der Waals surface area contributed by atoms with E-state index in [1.165, 1.54) is 0 Å². The Kier molecular flexibility index (Phi) is 6.03. The number of nitrogens with zero attached hydrogens (tertiary/aromatic N) is 1. The molecule has 1 atom stereocenters. The second kappa shape index (κ2) is 7.07. The molecule has 0 saturated carbocycles.